The van der Waals surface area contributed by atoms with E-state index in [-0.39, 0.29) is 25.0 Å². The molecule has 6 nitrogen and oxygen atoms in total. The Labute approximate surface area is 140 Å². The number of hydrogen-bond donors (Lipinski definition) is 2. The highest BCUT2D eigenvalue weighted by molar-refractivity contribution is 5.94. The fraction of sp³-hybridized carbons (Fsp3) is 0.167. The zero-order valence-electron chi connectivity index (χ0n) is 13.0. The minimum atomic E-state index is -0.377. The second-order valence-corrected chi connectivity index (χ2v) is 4.96. The first kappa shape index (κ1) is 17.0. The maximum atomic E-state index is 11.8. The molecule has 0 aliphatic carbocycles. The summed E-state index contributed by atoms with van der Waals surface area (Å²) >= 11 is 0. The molecule has 0 bridgehead atoms. The Morgan fingerprint density at radius 2 is 1.71 bits per heavy atom. The standard InChI is InChI=1S/C18H17N3O3/c19-11-10-14-6-8-15(9-7-14)21-17(22)12-20-18(23)13-24-16-4-2-1-3-5-16/h1-9H,10,12-13H2,(H,20,23)(H,21,22). The van der Waals surface area contributed by atoms with Crippen LogP contribution in [-0.4, -0.2) is 25.0 Å². The number of rotatable bonds is 7. The monoisotopic (exact) mass is 323 g/mol. The number of ether oxygens (including phenoxy) is 1. The number of nitriles is 1. The van der Waals surface area contributed by atoms with E-state index in [0.29, 0.717) is 17.9 Å². The van der Waals surface area contributed by atoms with Crippen molar-refractivity contribution >= 4 is 17.5 Å². The number of benzene rings is 2. The number of carbonyl (C=O) groups is 2. The number of anilines is 1. The summed E-state index contributed by atoms with van der Waals surface area (Å²) in [6.45, 7) is -0.295. The Bertz CT molecular complexity index is 721. The van der Waals surface area contributed by atoms with Crippen LogP contribution in [0.4, 0.5) is 5.69 Å². The Morgan fingerprint density at radius 3 is 2.38 bits per heavy atom. The second kappa shape index (κ2) is 8.96. The minimum Gasteiger partial charge on any atom is -0.484 e. The topological polar surface area (TPSA) is 91.2 Å². The third kappa shape index (κ3) is 5.81. The molecule has 24 heavy (non-hydrogen) atoms. The third-order valence-electron chi connectivity index (χ3n) is 3.08. The molecule has 2 N–H and O–H groups in total. The predicted octanol–water partition coefficient (Wildman–Crippen LogP) is 1.89. The van der Waals surface area contributed by atoms with E-state index in [1.807, 2.05) is 18.2 Å². The first-order chi connectivity index (χ1) is 11.7. The molecule has 0 radical (unpaired) electrons. The lowest BCUT2D eigenvalue weighted by molar-refractivity contribution is -0.125. The fourth-order valence-corrected chi connectivity index (χ4v) is 1.90. The van der Waals surface area contributed by atoms with Gasteiger partial charge in [0.15, 0.2) is 6.61 Å². The van der Waals surface area contributed by atoms with Gasteiger partial charge in [0.2, 0.25) is 5.91 Å². The van der Waals surface area contributed by atoms with Crippen LogP contribution in [0, 0.1) is 11.3 Å². The zero-order valence-corrected chi connectivity index (χ0v) is 13.0. The molecule has 122 valence electrons. The lowest BCUT2D eigenvalue weighted by Gasteiger charge is -2.08. The normalized spacial score (nSPS) is 9.62. The molecule has 0 fully saturated rings. The van der Waals surface area contributed by atoms with Crippen LogP contribution < -0.4 is 15.4 Å². The zero-order chi connectivity index (χ0) is 17.2. The smallest absolute Gasteiger partial charge is 0.258 e. The van der Waals surface area contributed by atoms with Crippen LogP contribution in [0.2, 0.25) is 0 Å². The van der Waals surface area contributed by atoms with Crippen molar-refractivity contribution < 1.29 is 14.3 Å². The molecule has 0 heterocycles. The van der Waals surface area contributed by atoms with Crippen molar-refractivity contribution in [2.75, 3.05) is 18.5 Å². The lowest BCUT2D eigenvalue weighted by atomic mass is 10.1. The van der Waals surface area contributed by atoms with Gasteiger partial charge in [-0.15, -0.1) is 0 Å². The highest BCUT2D eigenvalue weighted by atomic mass is 16.5. The molecule has 0 atom stereocenters. The highest BCUT2D eigenvalue weighted by Crippen LogP contribution is 2.09. The van der Waals surface area contributed by atoms with Crippen LogP contribution in [0.3, 0.4) is 0 Å². The molecule has 0 aliphatic heterocycles. The summed E-state index contributed by atoms with van der Waals surface area (Å²) in [5.74, 6) is -0.121. The Morgan fingerprint density at radius 1 is 1.00 bits per heavy atom. The summed E-state index contributed by atoms with van der Waals surface area (Å²) < 4.78 is 5.28. The van der Waals surface area contributed by atoms with E-state index in [0.717, 1.165) is 5.56 Å². The molecule has 2 aromatic carbocycles. The molecule has 2 rings (SSSR count). The number of nitrogens with one attached hydrogen (secondary N) is 2. The van der Waals surface area contributed by atoms with Crippen LogP contribution in [0.5, 0.6) is 5.75 Å². The van der Waals surface area contributed by atoms with Gasteiger partial charge in [0.25, 0.3) is 5.91 Å². The molecular weight excluding hydrogens is 306 g/mol. The molecule has 2 amide bonds. The molecular formula is C18H17N3O3. The van der Waals surface area contributed by atoms with Crippen LogP contribution in [0.1, 0.15) is 5.56 Å². The van der Waals surface area contributed by atoms with Gasteiger partial charge in [-0.25, -0.2) is 0 Å². The molecule has 0 spiro atoms. The number of amides is 2. The van der Waals surface area contributed by atoms with Gasteiger partial charge in [0.05, 0.1) is 19.0 Å². The second-order valence-electron chi connectivity index (χ2n) is 4.96. The molecule has 0 saturated carbocycles. The predicted molar refractivity (Wildman–Crippen MR) is 89.3 cm³/mol. The van der Waals surface area contributed by atoms with Gasteiger partial charge in [-0.05, 0) is 29.8 Å². The number of carbonyl (C=O) groups excluding carboxylic acids is 2. The SMILES string of the molecule is N#CCc1ccc(NC(=O)CNC(=O)COc2ccccc2)cc1. The first-order valence-corrected chi connectivity index (χ1v) is 7.37. The van der Waals surface area contributed by atoms with E-state index in [4.69, 9.17) is 10.00 Å². The van der Waals surface area contributed by atoms with Gasteiger partial charge in [-0.2, -0.15) is 5.26 Å². The van der Waals surface area contributed by atoms with Crippen molar-refractivity contribution in [2.24, 2.45) is 0 Å². The van der Waals surface area contributed by atoms with Crippen LogP contribution in [0.25, 0.3) is 0 Å². The van der Waals surface area contributed by atoms with Crippen LogP contribution in [0.15, 0.2) is 54.6 Å². The van der Waals surface area contributed by atoms with Crippen molar-refractivity contribution in [3.05, 3.63) is 60.2 Å². The lowest BCUT2D eigenvalue weighted by Crippen LogP contribution is -2.35. The molecule has 0 aromatic heterocycles. The fourth-order valence-electron chi connectivity index (χ4n) is 1.90. The van der Waals surface area contributed by atoms with Crippen LogP contribution >= 0.6 is 0 Å². The van der Waals surface area contributed by atoms with Gasteiger partial charge in [0.1, 0.15) is 5.75 Å². The van der Waals surface area contributed by atoms with Crippen molar-refractivity contribution in [3.63, 3.8) is 0 Å². The maximum absolute atomic E-state index is 11.8. The number of para-hydroxylation sites is 1. The Kier molecular flexibility index (Phi) is 6.35. The van der Waals surface area contributed by atoms with Gasteiger partial charge in [-0.1, -0.05) is 30.3 Å². The van der Waals surface area contributed by atoms with Crippen molar-refractivity contribution in [1.29, 1.82) is 5.26 Å². The van der Waals surface area contributed by atoms with E-state index >= 15 is 0 Å². The largest absolute Gasteiger partial charge is 0.484 e. The molecule has 0 aliphatic rings. The summed E-state index contributed by atoms with van der Waals surface area (Å²) in [6, 6.07) is 18.0. The minimum absolute atomic E-state index is 0.142. The molecule has 2 aromatic rings. The maximum Gasteiger partial charge on any atom is 0.258 e. The average Bonchev–Trinajstić information content (AvgIpc) is 2.61. The number of nitrogens with zero attached hydrogens (tertiary/aromatic N) is 1. The van der Waals surface area contributed by atoms with Gasteiger partial charge in [-0.3, -0.25) is 9.59 Å². The van der Waals surface area contributed by atoms with Crippen molar-refractivity contribution in [2.45, 2.75) is 6.42 Å². The van der Waals surface area contributed by atoms with E-state index < -0.39 is 0 Å². The first-order valence-electron chi connectivity index (χ1n) is 7.37. The Hall–Kier alpha value is -3.33. The van der Waals surface area contributed by atoms with Crippen molar-refractivity contribution in [1.82, 2.24) is 5.32 Å². The van der Waals surface area contributed by atoms with Gasteiger partial charge >= 0.3 is 0 Å². The van der Waals surface area contributed by atoms with E-state index in [2.05, 4.69) is 16.7 Å². The highest BCUT2D eigenvalue weighted by Gasteiger charge is 2.07. The summed E-state index contributed by atoms with van der Waals surface area (Å²) in [5, 5.41) is 13.8. The van der Waals surface area contributed by atoms with Gasteiger partial charge in [0, 0.05) is 5.69 Å². The summed E-state index contributed by atoms with van der Waals surface area (Å²) in [6.07, 6.45) is 0.325. The molecule has 6 heteroatoms. The third-order valence-corrected chi connectivity index (χ3v) is 3.08. The van der Waals surface area contributed by atoms with Crippen LogP contribution in [-0.2, 0) is 16.0 Å². The van der Waals surface area contributed by atoms with Crippen molar-refractivity contribution in [3.8, 4) is 11.8 Å². The Balaban J connectivity index is 1.70. The van der Waals surface area contributed by atoms with E-state index in [9.17, 15) is 9.59 Å². The van der Waals surface area contributed by atoms with E-state index in [1.54, 1.807) is 36.4 Å². The summed E-state index contributed by atoms with van der Waals surface area (Å²) in [7, 11) is 0. The quantitative estimate of drug-likeness (QED) is 0.814. The average molecular weight is 323 g/mol. The molecule has 0 unspecified atom stereocenters. The summed E-state index contributed by atoms with van der Waals surface area (Å²) in [5.41, 5.74) is 1.48. The van der Waals surface area contributed by atoms with E-state index in [1.165, 1.54) is 0 Å². The summed E-state index contributed by atoms with van der Waals surface area (Å²) in [4.78, 5) is 23.4. The number of hydrogen-bond acceptors (Lipinski definition) is 4. The van der Waals surface area contributed by atoms with Gasteiger partial charge < -0.3 is 15.4 Å². The molecule has 0 saturated heterocycles.